The van der Waals surface area contributed by atoms with E-state index in [0.717, 1.165) is 17.3 Å². The molecule has 0 spiro atoms. The molecule has 0 aliphatic rings. The number of ether oxygens (including phenoxy) is 1. The number of esters is 1. The van der Waals surface area contributed by atoms with Gasteiger partial charge in [0.15, 0.2) is 5.16 Å². The average Bonchev–Trinajstić information content (AvgIpc) is 2.60. The molecule has 2 rings (SSSR count). The first-order chi connectivity index (χ1) is 12.4. The summed E-state index contributed by atoms with van der Waals surface area (Å²) >= 11 is 1.09. The van der Waals surface area contributed by atoms with Crippen LogP contribution in [0.1, 0.15) is 35.8 Å². The Labute approximate surface area is 154 Å². The van der Waals surface area contributed by atoms with Crippen molar-refractivity contribution >= 4 is 29.5 Å². The second-order valence-electron chi connectivity index (χ2n) is 5.30. The van der Waals surface area contributed by atoms with Crippen LogP contribution in [0.25, 0.3) is 0 Å². The first-order valence-electron chi connectivity index (χ1n) is 7.88. The highest BCUT2D eigenvalue weighted by Gasteiger charge is 2.15. The van der Waals surface area contributed by atoms with Gasteiger partial charge in [0.2, 0.25) is 5.91 Å². The lowest BCUT2D eigenvalue weighted by Crippen LogP contribution is -2.28. The summed E-state index contributed by atoms with van der Waals surface area (Å²) in [5.74, 6) is -1.08. The second-order valence-corrected chi connectivity index (χ2v) is 6.24. The standard InChI is InChI=1S/C17H19FN4O3S/c1-3-25-16(24)13-8-20-17(22-15(13)19)26-9-14(23)21-10(2)11-4-6-12(18)7-5-11/h4-8,10H,3,9H2,1-2H3,(H,21,23)(H2,19,20,22)/t10-/m1/s1. The van der Waals surface area contributed by atoms with Crippen molar-refractivity contribution in [3.8, 4) is 0 Å². The lowest BCUT2D eigenvalue weighted by Gasteiger charge is -2.14. The number of aromatic nitrogens is 2. The van der Waals surface area contributed by atoms with Crippen molar-refractivity contribution in [2.75, 3.05) is 18.1 Å². The molecule has 26 heavy (non-hydrogen) atoms. The summed E-state index contributed by atoms with van der Waals surface area (Å²) < 4.78 is 17.8. The first-order valence-corrected chi connectivity index (χ1v) is 8.86. The maximum absolute atomic E-state index is 12.9. The summed E-state index contributed by atoms with van der Waals surface area (Å²) in [6, 6.07) is 5.65. The maximum atomic E-state index is 12.9. The van der Waals surface area contributed by atoms with Crippen molar-refractivity contribution in [3.63, 3.8) is 0 Å². The predicted molar refractivity (Wildman–Crippen MR) is 96.1 cm³/mol. The van der Waals surface area contributed by atoms with Crippen molar-refractivity contribution in [1.82, 2.24) is 15.3 Å². The molecular weight excluding hydrogens is 359 g/mol. The van der Waals surface area contributed by atoms with Crippen LogP contribution in [0.3, 0.4) is 0 Å². The zero-order chi connectivity index (χ0) is 19.1. The van der Waals surface area contributed by atoms with Crippen LogP contribution >= 0.6 is 11.8 Å². The Balaban J connectivity index is 1.89. The van der Waals surface area contributed by atoms with Gasteiger partial charge in [-0.2, -0.15) is 0 Å². The van der Waals surface area contributed by atoms with Gasteiger partial charge in [0.25, 0.3) is 0 Å². The highest BCUT2D eigenvalue weighted by Crippen LogP contribution is 2.18. The first kappa shape index (κ1) is 19.6. The Hall–Kier alpha value is -2.68. The van der Waals surface area contributed by atoms with E-state index < -0.39 is 5.97 Å². The maximum Gasteiger partial charge on any atom is 0.343 e. The number of carbonyl (C=O) groups excluding carboxylic acids is 2. The van der Waals surface area contributed by atoms with Gasteiger partial charge in [-0.25, -0.2) is 19.2 Å². The summed E-state index contributed by atoms with van der Waals surface area (Å²) in [7, 11) is 0. The van der Waals surface area contributed by atoms with Crippen molar-refractivity contribution < 1.29 is 18.7 Å². The fourth-order valence-corrected chi connectivity index (χ4v) is 2.70. The summed E-state index contributed by atoms with van der Waals surface area (Å²) in [6.45, 7) is 3.71. The van der Waals surface area contributed by atoms with Crippen LogP contribution in [0.5, 0.6) is 0 Å². The number of benzene rings is 1. The molecule has 9 heteroatoms. The van der Waals surface area contributed by atoms with Crippen LogP contribution in [-0.4, -0.2) is 34.2 Å². The van der Waals surface area contributed by atoms with Gasteiger partial charge in [0.1, 0.15) is 17.2 Å². The monoisotopic (exact) mass is 378 g/mol. The number of thioether (sulfide) groups is 1. The van der Waals surface area contributed by atoms with Crippen LogP contribution in [0.15, 0.2) is 35.6 Å². The zero-order valence-corrected chi connectivity index (χ0v) is 15.2. The Kier molecular flexibility index (Phi) is 6.90. The molecule has 0 saturated carbocycles. The van der Waals surface area contributed by atoms with E-state index in [0.29, 0.717) is 0 Å². The SMILES string of the molecule is CCOC(=O)c1cnc(SCC(=O)N[C@H](C)c2ccc(F)cc2)nc1N. The Morgan fingerprint density at radius 2 is 2.04 bits per heavy atom. The van der Waals surface area contributed by atoms with Crippen molar-refractivity contribution in [2.24, 2.45) is 0 Å². The summed E-state index contributed by atoms with van der Waals surface area (Å²) in [5.41, 5.74) is 6.62. The minimum Gasteiger partial charge on any atom is -0.462 e. The van der Waals surface area contributed by atoms with Crippen molar-refractivity contribution in [1.29, 1.82) is 0 Å². The third-order valence-electron chi connectivity index (χ3n) is 3.37. The van der Waals surface area contributed by atoms with E-state index in [4.69, 9.17) is 10.5 Å². The number of anilines is 1. The number of nitrogens with zero attached hydrogens (tertiary/aromatic N) is 2. The number of nitrogens with one attached hydrogen (secondary N) is 1. The van der Waals surface area contributed by atoms with Crippen LogP contribution in [-0.2, 0) is 9.53 Å². The Bertz CT molecular complexity index is 786. The van der Waals surface area contributed by atoms with Crippen molar-refractivity contribution in [3.05, 3.63) is 47.4 Å². The van der Waals surface area contributed by atoms with Gasteiger partial charge in [0.05, 0.1) is 18.4 Å². The second kappa shape index (κ2) is 9.14. The molecule has 1 amide bonds. The van der Waals surface area contributed by atoms with Gasteiger partial charge < -0.3 is 15.8 Å². The highest BCUT2D eigenvalue weighted by molar-refractivity contribution is 7.99. The number of halogens is 1. The number of carbonyl (C=O) groups is 2. The Morgan fingerprint density at radius 3 is 2.65 bits per heavy atom. The largest absolute Gasteiger partial charge is 0.462 e. The highest BCUT2D eigenvalue weighted by atomic mass is 32.2. The van der Waals surface area contributed by atoms with E-state index in [1.165, 1.54) is 18.3 Å². The van der Waals surface area contributed by atoms with Gasteiger partial charge in [-0.05, 0) is 31.5 Å². The lowest BCUT2D eigenvalue weighted by molar-refractivity contribution is -0.119. The zero-order valence-electron chi connectivity index (χ0n) is 14.4. The average molecular weight is 378 g/mol. The summed E-state index contributed by atoms with van der Waals surface area (Å²) in [5, 5.41) is 3.08. The molecule has 7 nitrogen and oxygen atoms in total. The molecule has 0 aliphatic carbocycles. The minimum absolute atomic E-state index is 0.000961. The van der Waals surface area contributed by atoms with Crippen LogP contribution < -0.4 is 11.1 Å². The molecule has 0 bridgehead atoms. The van der Waals surface area contributed by atoms with E-state index in [-0.39, 0.29) is 46.7 Å². The Morgan fingerprint density at radius 1 is 1.35 bits per heavy atom. The topological polar surface area (TPSA) is 107 Å². The molecular formula is C17H19FN4O3S. The number of rotatable bonds is 7. The fourth-order valence-electron chi connectivity index (χ4n) is 2.06. The molecule has 0 saturated heterocycles. The fraction of sp³-hybridized carbons (Fsp3) is 0.294. The quantitative estimate of drug-likeness (QED) is 0.432. The van der Waals surface area contributed by atoms with Gasteiger partial charge >= 0.3 is 5.97 Å². The molecule has 0 fully saturated rings. The number of nitrogen functional groups attached to an aromatic ring is 1. The number of amides is 1. The molecule has 2 aromatic rings. The van der Waals surface area contributed by atoms with Crippen LogP contribution in [0.2, 0.25) is 0 Å². The molecule has 0 aliphatic heterocycles. The lowest BCUT2D eigenvalue weighted by atomic mass is 10.1. The molecule has 0 radical (unpaired) electrons. The molecule has 3 N–H and O–H groups in total. The minimum atomic E-state index is -0.590. The summed E-state index contributed by atoms with van der Waals surface area (Å²) in [6.07, 6.45) is 1.28. The molecule has 1 aromatic heterocycles. The number of hydrogen-bond acceptors (Lipinski definition) is 7. The molecule has 138 valence electrons. The van der Waals surface area contributed by atoms with Gasteiger partial charge in [-0.3, -0.25) is 4.79 Å². The third kappa shape index (κ3) is 5.41. The van der Waals surface area contributed by atoms with Gasteiger partial charge in [-0.15, -0.1) is 0 Å². The van der Waals surface area contributed by atoms with E-state index in [1.807, 2.05) is 0 Å². The van der Waals surface area contributed by atoms with E-state index >= 15 is 0 Å². The molecule has 1 atom stereocenters. The van der Waals surface area contributed by atoms with E-state index in [2.05, 4.69) is 15.3 Å². The molecule has 1 heterocycles. The number of nitrogens with two attached hydrogens (primary N) is 1. The number of hydrogen-bond donors (Lipinski definition) is 2. The van der Waals surface area contributed by atoms with Crippen LogP contribution in [0, 0.1) is 5.82 Å². The normalized spacial score (nSPS) is 11.7. The smallest absolute Gasteiger partial charge is 0.343 e. The third-order valence-corrected chi connectivity index (χ3v) is 4.23. The molecule has 1 aromatic carbocycles. The van der Waals surface area contributed by atoms with Gasteiger partial charge in [-0.1, -0.05) is 23.9 Å². The van der Waals surface area contributed by atoms with E-state index in [1.54, 1.807) is 26.0 Å². The van der Waals surface area contributed by atoms with Gasteiger partial charge in [0, 0.05) is 6.20 Å². The predicted octanol–water partition coefficient (Wildman–Crippen LogP) is 2.34. The molecule has 0 unspecified atom stereocenters. The van der Waals surface area contributed by atoms with Crippen LogP contribution in [0.4, 0.5) is 10.2 Å². The van der Waals surface area contributed by atoms with E-state index in [9.17, 15) is 14.0 Å². The van der Waals surface area contributed by atoms with Crippen molar-refractivity contribution in [2.45, 2.75) is 25.0 Å². The summed E-state index contributed by atoms with van der Waals surface area (Å²) in [4.78, 5) is 31.7.